The molecule has 1 aromatic heterocycles. The predicted octanol–water partition coefficient (Wildman–Crippen LogP) is 2.70. The van der Waals surface area contributed by atoms with Gasteiger partial charge >= 0.3 is 5.97 Å². The maximum Gasteiger partial charge on any atom is 0.341 e. The van der Waals surface area contributed by atoms with Crippen LogP contribution in [0.15, 0.2) is 16.7 Å². The summed E-state index contributed by atoms with van der Waals surface area (Å²) < 4.78 is 15.7. The summed E-state index contributed by atoms with van der Waals surface area (Å²) in [5.41, 5.74) is 0.516. The van der Waals surface area contributed by atoms with Crippen LogP contribution in [-0.4, -0.2) is 25.3 Å². The molecule has 4 heteroatoms. The maximum atomic E-state index is 11.6. The fourth-order valence-electron chi connectivity index (χ4n) is 2.02. The van der Waals surface area contributed by atoms with Crippen LogP contribution < -0.4 is 0 Å². The second-order valence-electron chi connectivity index (χ2n) is 4.30. The Bertz CT molecular complexity index is 363. The first-order chi connectivity index (χ1) is 8.27. The Morgan fingerprint density at radius 2 is 2.47 bits per heavy atom. The van der Waals surface area contributed by atoms with E-state index in [1.54, 1.807) is 13.0 Å². The standard InChI is InChI=1S/C13H18O4/c1-10-12(6-9-15-10)13(14)17-8-3-5-11-4-2-7-16-11/h6,9,11H,2-5,7-8H2,1H3. The van der Waals surface area contributed by atoms with E-state index >= 15 is 0 Å². The minimum Gasteiger partial charge on any atom is -0.469 e. The Morgan fingerprint density at radius 1 is 1.59 bits per heavy atom. The highest BCUT2D eigenvalue weighted by atomic mass is 16.5. The van der Waals surface area contributed by atoms with Gasteiger partial charge in [-0.2, -0.15) is 0 Å². The molecule has 1 aromatic rings. The molecule has 1 atom stereocenters. The van der Waals surface area contributed by atoms with Crippen molar-refractivity contribution in [1.29, 1.82) is 0 Å². The quantitative estimate of drug-likeness (QED) is 0.584. The van der Waals surface area contributed by atoms with Crippen molar-refractivity contribution < 1.29 is 18.7 Å². The summed E-state index contributed by atoms with van der Waals surface area (Å²) >= 11 is 0. The zero-order valence-electron chi connectivity index (χ0n) is 10.1. The van der Waals surface area contributed by atoms with Gasteiger partial charge < -0.3 is 13.9 Å². The first-order valence-electron chi connectivity index (χ1n) is 6.10. The lowest BCUT2D eigenvalue weighted by molar-refractivity contribution is 0.0459. The van der Waals surface area contributed by atoms with Crippen molar-refractivity contribution in [1.82, 2.24) is 0 Å². The van der Waals surface area contributed by atoms with E-state index < -0.39 is 0 Å². The third-order valence-corrected chi connectivity index (χ3v) is 3.01. The zero-order valence-corrected chi connectivity index (χ0v) is 10.1. The first kappa shape index (κ1) is 12.2. The summed E-state index contributed by atoms with van der Waals surface area (Å²) in [6.07, 6.45) is 5.97. The second-order valence-corrected chi connectivity index (χ2v) is 4.30. The van der Waals surface area contributed by atoms with Gasteiger partial charge in [0.1, 0.15) is 11.3 Å². The fraction of sp³-hybridized carbons (Fsp3) is 0.615. The van der Waals surface area contributed by atoms with Crippen LogP contribution in [-0.2, 0) is 9.47 Å². The lowest BCUT2D eigenvalue weighted by atomic mass is 10.1. The fourth-order valence-corrected chi connectivity index (χ4v) is 2.02. The number of esters is 1. The summed E-state index contributed by atoms with van der Waals surface area (Å²) in [4.78, 5) is 11.6. The van der Waals surface area contributed by atoms with Gasteiger partial charge in [-0.1, -0.05) is 0 Å². The molecule has 1 unspecified atom stereocenters. The van der Waals surface area contributed by atoms with Crippen LogP contribution in [0.1, 0.15) is 41.8 Å². The summed E-state index contributed by atoms with van der Waals surface area (Å²) in [5.74, 6) is 0.303. The molecular weight excluding hydrogens is 220 g/mol. The number of aryl methyl sites for hydroxylation is 1. The average molecular weight is 238 g/mol. The van der Waals surface area contributed by atoms with E-state index in [-0.39, 0.29) is 5.97 Å². The lowest BCUT2D eigenvalue weighted by Gasteiger charge is -2.08. The van der Waals surface area contributed by atoms with E-state index in [1.165, 1.54) is 6.26 Å². The van der Waals surface area contributed by atoms with Crippen molar-refractivity contribution in [3.05, 3.63) is 23.7 Å². The van der Waals surface area contributed by atoms with Gasteiger partial charge in [0.2, 0.25) is 0 Å². The largest absolute Gasteiger partial charge is 0.469 e. The number of ether oxygens (including phenoxy) is 2. The smallest absolute Gasteiger partial charge is 0.341 e. The Hall–Kier alpha value is -1.29. The monoisotopic (exact) mass is 238 g/mol. The van der Waals surface area contributed by atoms with Crippen molar-refractivity contribution in [3.63, 3.8) is 0 Å². The van der Waals surface area contributed by atoms with Crippen molar-refractivity contribution in [2.24, 2.45) is 0 Å². The molecule has 1 fully saturated rings. The van der Waals surface area contributed by atoms with Crippen molar-refractivity contribution >= 4 is 5.97 Å². The molecule has 17 heavy (non-hydrogen) atoms. The Morgan fingerprint density at radius 3 is 3.12 bits per heavy atom. The van der Waals surface area contributed by atoms with E-state index in [9.17, 15) is 4.79 Å². The van der Waals surface area contributed by atoms with Gasteiger partial charge in [-0.15, -0.1) is 0 Å². The van der Waals surface area contributed by atoms with Crippen LogP contribution in [0.2, 0.25) is 0 Å². The molecule has 0 radical (unpaired) electrons. The third-order valence-electron chi connectivity index (χ3n) is 3.01. The maximum absolute atomic E-state index is 11.6. The summed E-state index contributed by atoms with van der Waals surface area (Å²) in [6.45, 7) is 3.07. The van der Waals surface area contributed by atoms with Gasteiger partial charge in [-0.3, -0.25) is 0 Å². The molecule has 0 aliphatic carbocycles. The lowest BCUT2D eigenvalue weighted by Crippen LogP contribution is -2.10. The SMILES string of the molecule is Cc1occc1C(=O)OCCCC1CCCO1. The van der Waals surface area contributed by atoms with Crippen LogP contribution in [0.25, 0.3) is 0 Å². The number of rotatable bonds is 5. The first-order valence-corrected chi connectivity index (χ1v) is 6.10. The molecular formula is C13H18O4. The molecule has 2 rings (SSSR count). The van der Waals surface area contributed by atoms with Crippen LogP contribution in [0.3, 0.4) is 0 Å². The number of hydrogen-bond acceptors (Lipinski definition) is 4. The van der Waals surface area contributed by atoms with E-state index in [1.807, 2.05) is 0 Å². The van der Waals surface area contributed by atoms with Crippen molar-refractivity contribution in [2.75, 3.05) is 13.2 Å². The summed E-state index contributed by atoms with van der Waals surface area (Å²) in [5, 5.41) is 0. The van der Waals surface area contributed by atoms with E-state index in [0.29, 0.717) is 24.0 Å². The molecule has 1 saturated heterocycles. The van der Waals surface area contributed by atoms with Crippen LogP contribution in [0.4, 0.5) is 0 Å². The Balaban J connectivity index is 1.65. The van der Waals surface area contributed by atoms with Crippen molar-refractivity contribution in [3.8, 4) is 0 Å². The molecule has 0 bridgehead atoms. The number of furan rings is 1. The molecule has 0 N–H and O–H groups in total. The molecule has 0 spiro atoms. The minimum atomic E-state index is -0.302. The highest BCUT2D eigenvalue weighted by Crippen LogP contribution is 2.17. The Kier molecular flexibility index (Phi) is 4.20. The molecule has 1 aliphatic rings. The number of hydrogen-bond donors (Lipinski definition) is 0. The predicted molar refractivity (Wildman–Crippen MR) is 61.9 cm³/mol. The van der Waals surface area contributed by atoms with Gasteiger partial charge in [0.05, 0.1) is 19.0 Å². The molecule has 0 aromatic carbocycles. The summed E-state index contributed by atoms with van der Waals surface area (Å²) in [7, 11) is 0. The van der Waals surface area contributed by atoms with Gasteiger partial charge in [-0.25, -0.2) is 4.79 Å². The normalized spacial score (nSPS) is 19.5. The van der Waals surface area contributed by atoms with Crippen molar-refractivity contribution in [2.45, 2.75) is 38.7 Å². The molecule has 0 saturated carbocycles. The number of carbonyl (C=O) groups excluding carboxylic acids is 1. The topological polar surface area (TPSA) is 48.7 Å². The highest BCUT2D eigenvalue weighted by Gasteiger charge is 2.16. The van der Waals surface area contributed by atoms with Gasteiger partial charge in [0.15, 0.2) is 0 Å². The van der Waals surface area contributed by atoms with Gasteiger partial charge in [0.25, 0.3) is 0 Å². The van der Waals surface area contributed by atoms with Gasteiger partial charge in [-0.05, 0) is 38.7 Å². The van der Waals surface area contributed by atoms with Gasteiger partial charge in [0, 0.05) is 6.61 Å². The van der Waals surface area contributed by atoms with E-state index in [4.69, 9.17) is 13.9 Å². The third kappa shape index (κ3) is 3.33. The average Bonchev–Trinajstić information content (AvgIpc) is 2.95. The van der Waals surface area contributed by atoms with E-state index in [0.717, 1.165) is 32.3 Å². The molecule has 1 aliphatic heterocycles. The molecule has 2 heterocycles. The Labute approximate surface area is 101 Å². The minimum absolute atomic E-state index is 0.302. The van der Waals surface area contributed by atoms with Crippen LogP contribution >= 0.6 is 0 Å². The van der Waals surface area contributed by atoms with E-state index in [2.05, 4.69) is 0 Å². The number of carbonyl (C=O) groups is 1. The molecule has 4 nitrogen and oxygen atoms in total. The highest BCUT2D eigenvalue weighted by molar-refractivity contribution is 5.90. The van der Waals surface area contributed by atoms with Crippen LogP contribution in [0.5, 0.6) is 0 Å². The second kappa shape index (κ2) is 5.87. The van der Waals surface area contributed by atoms with Crippen LogP contribution in [0, 0.1) is 6.92 Å². The zero-order chi connectivity index (χ0) is 12.1. The molecule has 94 valence electrons. The summed E-state index contributed by atoms with van der Waals surface area (Å²) in [6, 6.07) is 1.64. The molecule has 0 amide bonds.